The Morgan fingerprint density at radius 1 is 1.25 bits per heavy atom. The number of aryl methyl sites for hydroxylation is 1. The summed E-state index contributed by atoms with van der Waals surface area (Å²) in [5.41, 5.74) is 6.07. The van der Waals surface area contributed by atoms with Gasteiger partial charge in [-0.05, 0) is 37.3 Å². The number of carbonyl (C=O) groups excluding carboxylic acids is 1. The molecule has 1 aliphatic heterocycles. The number of carbonyl (C=O) groups is 1. The lowest BCUT2D eigenvalue weighted by atomic mass is 10.1. The minimum absolute atomic E-state index is 0.130. The highest BCUT2D eigenvalue weighted by Crippen LogP contribution is 2.30. The van der Waals surface area contributed by atoms with Gasteiger partial charge in [0.2, 0.25) is 0 Å². The van der Waals surface area contributed by atoms with Gasteiger partial charge in [0.1, 0.15) is 5.82 Å². The molecule has 0 unspecified atom stereocenters. The van der Waals surface area contributed by atoms with Crippen molar-refractivity contribution in [2.75, 3.05) is 17.6 Å². The van der Waals surface area contributed by atoms with Crippen LogP contribution in [0.4, 0.5) is 10.1 Å². The van der Waals surface area contributed by atoms with Gasteiger partial charge in [0, 0.05) is 28.3 Å². The topological polar surface area (TPSA) is 53.5 Å². The highest BCUT2D eigenvalue weighted by Gasteiger charge is 2.17. The Labute approximate surface area is 144 Å². The molecule has 0 atom stereocenters. The minimum atomic E-state index is -0.295. The lowest BCUT2D eigenvalue weighted by Gasteiger charge is -2.17. The van der Waals surface area contributed by atoms with Crippen molar-refractivity contribution < 1.29 is 9.18 Å². The molecule has 0 aliphatic carbocycles. The first kappa shape index (κ1) is 16.5. The maximum absolute atomic E-state index is 13.4. The predicted octanol–water partition coefficient (Wildman–Crippen LogP) is 3.56. The van der Waals surface area contributed by atoms with Crippen LogP contribution < -0.4 is 10.7 Å². The van der Waals surface area contributed by atoms with Crippen LogP contribution in [0.1, 0.15) is 17.5 Å². The first-order valence-corrected chi connectivity index (χ1v) is 8.69. The first-order valence-electron chi connectivity index (χ1n) is 7.70. The second-order valence-corrected chi connectivity index (χ2v) is 6.69. The molecule has 0 bridgehead atoms. The average Bonchev–Trinajstić information content (AvgIpc) is 2.59. The maximum Gasteiger partial charge on any atom is 0.259 e. The molecule has 124 valence electrons. The Hall–Kier alpha value is -2.34. The summed E-state index contributed by atoms with van der Waals surface area (Å²) >= 11 is 1.67. The lowest BCUT2D eigenvalue weighted by molar-refractivity contribution is -0.119. The number of anilines is 1. The van der Waals surface area contributed by atoms with Crippen LogP contribution in [-0.2, 0) is 4.79 Å². The molecule has 2 aromatic carbocycles. The number of hydrazone groups is 1. The molecule has 0 radical (unpaired) electrons. The molecular formula is C18H18FN3OS. The summed E-state index contributed by atoms with van der Waals surface area (Å²) < 4.78 is 13.4. The van der Waals surface area contributed by atoms with Gasteiger partial charge in [-0.2, -0.15) is 5.10 Å². The van der Waals surface area contributed by atoms with Crippen LogP contribution in [-0.4, -0.2) is 23.9 Å². The fourth-order valence-corrected chi connectivity index (χ4v) is 3.40. The van der Waals surface area contributed by atoms with Gasteiger partial charge in [-0.1, -0.05) is 17.7 Å². The van der Waals surface area contributed by atoms with Gasteiger partial charge in [0.15, 0.2) is 0 Å². The number of amides is 1. The second-order valence-electron chi connectivity index (χ2n) is 5.55. The Morgan fingerprint density at radius 3 is 2.83 bits per heavy atom. The number of fused-ring (bicyclic) bond motifs is 1. The molecule has 0 fully saturated rings. The molecule has 2 aromatic rings. The van der Waals surface area contributed by atoms with E-state index >= 15 is 0 Å². The highest BCUT2D eigenvalue weighted by molar-refractivity contribution is 7.99. The minimum Gasteiger partial charge on any atom is -0.376 e. The molecule has 1 heterocycles. The largest absolute Gasteiger partial charge is 0.376 e. The zero-order chi connectivity index (χ0) is 16.9. The molecule has 24 heavy (non-hydrogen) atoms. The first-order chi connectivity index (χ1) is 11.6. The Morgan fingerprint density at radius 2 is 2.04 bits per heavy atom. The van der Waals surface area contributed by atoms with E-state index in [9.17, 15) is 9.18 Å². The van der Waals surface area contributed by atoms with Crippen LogP contribution in [0.15, 0.2) is 52.5 Å². The number of hydrogen-bond donors (Lipinski definition) is 2. The van der Waals surface area contributed by atoms with Gasteiger partial charge in [0.25, 0.3) is 5.91 Å². The van der Waals surface area contributed by atoms with E-state index in [1.54, 1.807) is 17.8 Å². The van der Waals surface area contributed by atoms with Crippen molar-refractivity contribution in [3.63, 3.8) is 0 Å². The average molecular weight is 343 g/mol. The summed E-state index contributed by atoms with van der Waals surface area (Å²) in [5, 5.41) is 7.23. The lowest BCUT2D eigenvalue weighted by Crippen LogP contribution is -2.27. The van der Waals surface area contributed by atoms with Crippen molar-refractivity contribution >= 4 is 29.1 Å². The van der Waals surface area contributed by atoms with E-state index in [-0.39, 0.29) is 18.3 Å². The van der Waals surface area contributed by atoms with E-state index in [0.717, 1.165) is 27.5 Å². The van der Waals surface area contributed by atoms with E-state index in [0.29, 0.717) is 12.1 Å². The van der Waals surface area contributed by atoms with E-state index in [4.69, 9.17) is 0 Å². The monoisotopic (exact) mass is 343 g/mol. The summed E-state index contributed by atoms with van der Waals surface area (Å²) in [5.74, 6) is 0.338. The smallest absolute Gasteiger partial charge is 0.259 e. The third kappa shape index (κ3) is 4.14. The number of rotatable bonds is 4. The molecule has 1 amide bonds. The van der Waals surface area contributed by atoms with Crippen LogP contribution >= 0.6 is 11.8 Å². The second kappa shape index (κ2) is 7.49. The van der Waals surface area contributed by atoms with Crippen molar-refractivity contribution in [2.24, 2.45) is 5.10 Å². The Kier molecular flexibility index (Phi) is 5.15. The van der Waals surface area contributed by atoms with E-state index in [2.05, 4.69) is 15.8 Å². The summed E-state index contributed by atoms with van der Waals surface area (Å²) in [7, 11) is 0. The van der Waals surface area contributed by atoms with Crippen molar-refractivity contribution in [3.05, 3.63) is 59.4 Å². The molecule has 0 aromatic heterocycles. The van der Waals surface area contributed by atoms with Crippen LogP contribution in [0, 0.1) is 12.7 Å². The fourth-order valence-electron chi connectivity index (χ4n) is 2.39. The van der Waals surface area contributed by atoms with Crippen LogP contribution in [0.3, 0.4) is 0 Å². The van der Waals surface area contributed by atoms with Gasteiger partial charge in [0.05, 0.1) is 12.3 Å². The zero-order valence-corrected chi connectivity index (χ0v) is 14.1. The molecule has 6 heteroatoms. The SMILES string of the molecule is Cc1ccc(NCC(=O)NN=C2CCSc3ccc(F)cc32)cc1. The molecule has 1 aliphatic rings. The van der Waals surface area contributed by atoms with Crippen LogP contribution in [0.5, 0.6) is 0 Å². The van der Waals surface area contributed by atoms with Crippen LogP contribution in [0.2, 0.25) is 0 Å². The third-order valence-electron chi connectivity index (χ3n) is 3.67. The fraction of sp³-hybridized carbons (Fsp3) is 0.222. The zero-order valence-electron chi connectivity index (χ0n) is 13.3. The summed E-state index contributed by atoms with van der Waals surface area (Å²) in [6, 6.07) is 12.5. The van der Waals surface area contributed by atoms with Crippen molar-refractivity contribution in [1.82, 2.24) is 5.43 Å². The van der Waals surface area contributed by atoms with Gasteiger partial charge in [-0.3, -0.25) is 4.79 Å². The third-order valence-corrected chi connectivity index (χ3v) is 4.74. The van der Waals surface area contributed by atoms with E-state index in [1.807, 2.05) is 31.2 Å². The molecule has 0 saturated heterocycles. The number of benzene rings is 2. The van der Waals surface area contributed by atoms with Gasteiger partial charge in [-0.25, -0.2) is 9.82 Å². The van der Waals surface area contributed by atoms with E-state index < -0.39 is 0 Å². The maximum atomic E-state index is 13.4. The number of nitrogens with zero attached hydrogens (tertiary/aromatic N) is 1. The molecule has 0 saturated carbocycles. The molecule has 3 rings (SSSR count). The summed E-state index contributed by atoms with van der Waals surface area (Å²) in [4.78, 5) is 12.9. The van der Waals surface area contributed by atoms with Crippen molar-refractivity contribution in [1.29, 1.82) is 0 Å². The van der Waals surface area contributed by atoms with Crippen molar-refractivity contribution in [3.8, 4) is 0 Å². The summed E-state index contributed by atoms with van der Waals surface area (Å²) in [6.07, 6.45) is 0.701. The Bertz CT molecular complexity index is 774. The number of halogens is 1. The number of nitrogens with one attached hydrogen (secondary N) is 2. The molecular weight excluding hydrogens is 325 g/mol. The highest BCUT2D eigenvalue weighted by atomic mass is 32.2. The Balaban J connectivity index is 1.61. The number of hydrogen-bond acceptors (Lipinski definition) is 4. The van der Waals surface area contributed by atoms with Crippen LogP contribution in [0.25, 0.3) is 0 Å². The summed E-state index contributed by atoms with van der Waals surface area (Å²) in [6.45, 7) is 2.14. The quantitative estimate of drug-likeness (QED) is 0.835. The molecule has 4 nitrogen and oxygen atoms in total. The van der Waals surface area contributed by atoms with Gasteiger partial charge in [-0.15, -0.1) is 11.8 Å². The number of thioether (sulfide) groups is 1. The van der Waals surface area contributed by atoms with Gasteiger partial charge < -0.3 is 5.32 Å². The predicted molar refractivity (Wildman–Crippen MR) is 96.1 cm³/mol. The standard InChI is InChI=1S/C18H18FN3OS/c1-12-2-5-14(6-3-12)20-11-18(23)22-21-16-8-9-24-17-7-4-13(19)10-15(16)17/h2-7,10,20H,8-9,11H2,1H3,(H,22,23). The van der Waals surface area contributed by atoms with Crippen molar-refractivity contribution in [2.45, 2.75) is 18.2 Å². The molecule has 0 spiro atoms. The normalized spacial score (nSPS) is 15.0. The van der Waals surface area contributed by atoms with Gasteiger partial charge >= 0.3 is 0 Å². The molecule has 2 N–H and O–H groups in total. The van der Waals surface area contributed by atoms with E-state index in [1.165, 1.54) is 12.1 Å².